The van der Waals surface area contributed by atoms with Gasteiger partial charge in [0.15, 0.2) is 0 Å². The van der Waals surface area contributed by atoms with Crippen LogP contribution in [0.15, 0.2) is 66.8 Å². The molecule has 1 fully saturated rings. The second-order valence-corrected chi connectivity index (χ2v) is 10.6. The largest absolute Gasteiger partial charge is 0.496 e. The number of methoxy groups -OCH3 is 1. The van der Waals surface area contributed by atoms with Crippen molar-refractivity contribution in [1.29, 1.82) is 0 Å². The van der Waals surface area contributed by atoms with Crippen molar-refractivity contribution in [3.05, 3.63) is 83.7 Å². The molecular formula is C30H35FN2O3. The van der Waals surface area contributed by atoms with Gasteiger partial charge in [0.25, 0.3) is 5.91 Å². The lowest BCUT2D eigenvalue weighted by Gasteiger charge is -2.44. The van der Waals surface area contributed by atoms with E-state index >= 15 is 0 Å². The van der Waals surface area contributed by atoms with Crippen LogP contribution in [0.3, 0.4) is 0 Å². The summed E-state index contributed by atoms with van der Waals surface area (Å²) >= 11 is 0. The Hall–Kier alpha value is -3.41. The van der Waals surface area contributed by atoms with E-state index in [-0.39, 0.29) is 28.6 Å². The lowest BCUT2D eigenvalue weighted by molar-refractivity contribution is -0.123. The van der Waals surface area contributed by atoms with E-state index in [0.29, 0.717) is 25.8 Å². The first-order valence-electron chi connectivity index (χ1n) is 12.6. The zero-order valence-corrected chi connectivity index (χ0v) is 21.5. The molecule has 2 amide bonds. The van der Waals surface area contributed by atoms with Gasteiger partial charge in [-0.1, -0.05) is 63.3 Å². The molecule has 1 saturated heterocycles. The Morgan fingerprint density at radius 3 is 2.58 bits per heavy atom. The molecule has 6 heteroatoms. The molecule has 0 bridgehead atoms. The molecule has 0 radical (unpaired) electrons. The molecule has 36 heavy (non-hydrogen) atoms. The fraction of sp³-hybridized carbons (Fsp3) is 0.400. The molecule has 1 N–H and O–H groups in total. The minimum atomic E-state index is -0.622. The number of ether oxygens (including phenoxy) is 1. The minimum absolute atomic E-state index is 0.0463. The standard InChI is InChI=1S/C30H35FN2O3/c1-30(2,3)21-13-8-14-22(19-21)32-28(34)23-15-10-18-33(27(23)20-11-6-5-7-12-20)29(35)26-24(31)16-9-17-25(26)36-4/h5-9,11,13-14,16-17,19-20,23,27H,10,12,15,18H2,1-4H3,(H,32,34)/t20?,23?,27-/m0/s1. The summed E-state index contributed by atoms with van der Waals surface area (Å²) in [7, 11) is 1.43. The Kier molecular flexibility index (Phi) is 7.62. The summed E-state index contributed by atoms with van der Waals surface area (Å²) in [5.41, 5.74) is 1.74. The number of likely N-dealkylation sites (tertiary alicyclic amines) is 1. The Labute approximate surface area is 213 Å². The Morgan fingerprint density at radius 1 is 1.11 bits per heavy atom. The predicted octanol–water partition coefficient (Wildman–Crippen LogP) is 6.12. The van der Waals surface area contributed by atoms with Crippen LogP contribution in [0.25, 0.3) is 0 Å². The maximum atomic E-state index is 14.9. The fourth-order valence-electron chi connectivity index (χ4n) is 5.25. The number of amides is 2. The zero-order chi connectivity index (χ0) is 25.9. The monoisotopic (exact) mass is 490 g/mol. The van der Waals surface area contributed by atoms with Gasteiger partial charge in [0.1, 0.15) is 17.1 Å². The minimum Gasteiger partial charge on any atom is -0.496 e. The molecule has 190 valence electrons. The maximum absolute atomic E-state index is 14.9. The fourth-order valence-corrected chi connectivity index (χ4v) is 5.25. The summed E-state index contributed by atoms with van der Waals surface area (Å²) < 4.78 is 20.2. The van der Waals surface area contributed by atoms with Crippen molar-refractivity contribution in [3.63, 3.8) is 0 Å². The molecule has 1 aliphatic heterocycles. The topological polar surface area (TPSA) is 58.6 Å². The highest BCUT2D eigenvalue weighted by Crippen LogP contribution is 2.36. The van der Waals surface area contributed by atoms with Crippen molar-refractivity contribution < 1.29 is 18.7 Å². The number of hydrogen-bond donors (Lipinski definition) is 1. The van der Waals surface area contributed by atoms with Crippen molar-refractivity contribution in [2.75, 3.05) is 19.0 Å². The second-order valence-electron chi connectivity index (χ2n) is 10.6. The molecule has 2 unspecified atom stereocenters. The van der Waals surface area contributed by atoms with Crippen LogP contribution >= 0.6 is 0 Å². The molecule has 2 aromatic carbocycles. The summed E-state index contributed by atoms with van der Waals surface area (Å²) in [6.45, 7) is 6.86. The van der Waals surface area contributed by atoms with Gasteiger partial charge in [-0.25, -0.2) is 4.39 Å². The van der Waals surface area contributed by atoms with Crippen LogP contribution in [0.1, 0.15) is 56.0 Å². The summed E-state index contributed by atoms with van der Waals surface area (Å²) in [5, 5.41) is 3.11. The SMILES string of the molecule is COc1cccc(F)c1C(=O)N1CCCC(C(=O)Nc2cccc(C(C)(C)C)c2)[C@@H]1C1C=CC=CC1. The molecule has 1 heterocycles. The molecule has 1 aliphatic carbocycles. The van der Waals surface area contributed by atoms with Crippen LogP contribution in [0.5, 0.6) is 5.75 Å². The lowest BCUT2D eigenvalue weighted by atomic mass is 9.77. The molecule has 0 spiro atoms. The molecule has 2 aromatic rings. The van der Waals surface area contributed by atoms with Gasteiger partial charge in [0.05, 0.1) is 19.1 Å². The number of benzene rings is 2. The zero-order valence-electron chi connectivity index (χ0n) is 21.5. The van der Waals surface area contributed by atoms with E-state index in [1.165, 1.54) is 19.2 Å². The smallest absolute Gasteiger partial charge is 0.260 e. The number of anilines is 1. The number of nitrogens with zero attached hydrogens (tertiary/aromatic N) is 1. The van der Waals surface area contributed by atoms with Gasteiger partial charge < -0.3 is 15.0 Å². The summed E-state index contributed by atoms with van der Waals surface area (Å²) in [6.07, 6.45) is 10.0. The third kappa shape index (κ3) is 5.38. The second kappa shape index (κ2) is 10.7. The van der Waals surface area contributed by atoms with Gasteiger partial charge in [-0.2, -0.15) is 0 Å². The average Bonchev–Trinajstić information content (AvgIpc) is 2.87. The predicted molar refractivity (Wildman–Crippen MR) is 141 cm³/mol. The van der Waals surface area contributed by atoms with Gasteiger partial charge in [-0.15, -0.1) is 0 Å². The highest BCUT2D eigenvalue weighted by Gasteiger charge is 2.43. The van der Waals surface area contributed by atoms with Gasteiger partial charge in [0, 0.05) is 18.2 Å². The number of nitrogens with one attached hydrogen (secondary N) is 1. The first kappa shape index (κ1) is 25.7. The van der Waals surface area contributed by atoms with Gasteiger partial charge >= 0.3 is 0 Å². The van der Waals surface area contributed by atoms with Crippen LogP contribution < -0.4 is 10.1 Å². The summed E-state index contributed by atoms with van der Waals surface area (Å²) in [6, 6.07) is 11.9. The van der Waals surface area contributed by atoms with Gasteiger partial charge in [-0.3, -0.25) is 9.59 Å². The van der Waals surface area contributed by atoms with Crippen molar-refractivity contribution >= 4 is 17.5 Å². The lowest BCUT2D eigenvalue weighted by Crippen LogP contribution is -2.55. The average molecular weight is 491 g/mol. The summed E-state index contributed by atoms with van der Waals surface area (Å²) in [5.74, 6) is -1.46. The first-order chi connectivity index (χ1) is 17.2. The van der Waals surface area contributed by atoms with Gasteiger partial charge in [0.2, 0.25) is 5.91 Å². The quantitative estimate of drug-likeness (QED) is 0.549. The van der Waals surface area contributed by atoms with E-state index in [1.807, 2.05) is 36.4 Å². The van der Waals surface area contributed by atoms with Gasteiger partial charge in [-0.05, 0) is 54.5 Å². The van der Waals surface area contributed by atoms with Crippen LogP contribution in [0.2, 0.25) is 0 Å². The van der Waals surface area contributed by atoms with Crippen molar-refractivity contribution in [2.24, 2.45) is 11.8 Å². The van der Waals surface area contributed by atoms with E-state index in [0.717, 1.165) is 11.3 Å². The molecule has 3 atom stereocenters. The van der Waals surface area contributed by atoms with E-state index < -0.39 is 23.7 Å². The molecule has 0 aromatic heterocycles. The Balaban J connectivity index is 1.66. The maximum Gasteiger partial charge on any atom is 0.260 e. The number of carbonyl (C=O) groups excluding carboxylic acids is 2. The molecule has 0 saturated carbocycles. The third-order valence-electron chi connectivity index (χ3n) is 7.14. The Morgan fingerprint density at radius 2 is 1.89 bits per heavy atom. The van der Waals surface area contributed by atoms with Crippen molar-refractivity contribution in [3.8, 4) is 5.75 Å². The normalized spacial score (nSPS) is 21.8. The van der Waals surface area contributed by atoms with E-state index in [4.69, 9.17) is 4.74 Å². The number of allylic oxidation sites excluding steroid dienone is 3. The van der Waals surface area contributed by atoms with Crippen molar-refractivity contribution in [2.45, 2.75) is 51.5 Å². The molecule has 5 nitrogen and oxygen atoms in total. The number of piperidine rings is 1. The van der Waals surface area contributed by atoms with Crippen LogP contribution in [-0.2, 0) is 10.2 Å². The number of halogens is 1. The Bertz CT molecular complexity index is 1180. The first-order valence-corrected chi connectivity index (χ1v) is 12.6. The van der Waals surface area contributed by atoms with E-state index in [1.54, 1.807) is 11.0 Å². The molecule has 4 rings (SSSR count). The highest BCUT2D eigenvalue weighted by atomic mass is 19.1. The van der Waals surface area contributed by atoms with E-state index in [2.05, 4.69) is 38.2 Å². The van der Waals surface area contributed by atoms with Crippen LogP contribution in [-0.4, -0.2) is 36.4 Å². The molecule has 2 aliphatic rings. The van der Waals surface area contributed by atoms with Crippen LogP contribution in [0, 0.1) is 17.7 Å². The number of rotatable bonds is 5. The van der Waals surface area contributed by atoms with Crippen LogP contribution in [0.4, 0.5) is 10.1 Å². The third-order valence-corrected chi connectivity index (χ3v) is 7.14. The highest BCUT2D eigenvalue weighted by molar-refractivity contribution is 5.99. The number of carbonyl (C=O) groups is 2. The van der Waals surface area contributed by atoms with E-state index in [9.17, 15) is 14.0 Å². The van der Waals surface area contributed by atoms with Crippen molar-refractivity contribution in [1.82, 2.24) is 4.90 Å². The summed E-state index contributed by atoms with van der Waals surface area (Å²) in [4.78, 5) is 29.1. The number of hydrogen-bond acceptors (Lipinski definition) is 3. The molecular weight excluding hydrogens is 455 g/mol.